The zero-order chi connectivity index (χ0) is 30.6. The normalized spacial score (nSPS) is 20.8. The van der Waals surface area contributed by atoms with E-state index in [4.69, 9.17) is 9.90 Å². The van der Waals surface area contributed by atoms with Crippen LogP contribution in [0.25, 0.3) is 0 Å². The van der Waals surface area contributed by atoms with Gasteiger partial charge in [-0.25, -0.2) is 9.59 Å². The summed E-state index contributed by atoms with van der Waals surface area (Å²) in [4.78, 5) is 37.4. The molecule has 226 valence electrons. The van der Waals surface area contributed by atoms with Gasteiger partial charge in [0.2, 0.25) is 0 Å². The molecule has 0 radical (unpaired) electrons. The SMILES string of the molecule is CN1CCN(c2ccc(C(=O)O)c(N(C(=O)C(F)(F)F)[C@H]3CC[C@H](C(F)(F)F)CC3)c2)CC1.O=C(O)C(F)(F)F. The highest BCUT2D eigenvalue weighted by Gasteiger charge is 2.49. The van der Waals surface area contributed by atoms with Gasteiger partial charge in [0.15, 0.2) is 0 Å². The Morgan fingerprint density at radius 1 is 0.825 bits per heavy atom. The summed E-state index contributed by atoms with van der Waals surface area (Å²) in [5, 5.41) is 16.7. The summed E-state index contributed by atoms with van der Waals surface area (Å²) in [5.41, 5.74) is -0.507. The summed E-state index contributed by atoms with van der Waals surface area (Å²) in [7, 11) is 1.91. The first-order valence-electron chi connectivity index (χ1n) is 11.8. The molecule has 1 saturated carbocycles. The summed E-state index contributed by atoms with van der Waals surface area (Å²) in [6, 6.07) is 2.64. The second-order valence-corrected chi connectivity index (χ2v) is 9.32. The average Bonchev–Trinajstić information content (AvgIpc) is 2.83. The Kier molecular flexibility index (Phi) is 10.3. The Balaban J connectivity index is 0.000000708. The molecule has 1 heterocycles. The van der Waals surface area contributed by atoms with Gasteiger partial charge in [-0.15, -0.1) is 0 Å². The molecule has 0 bridgehead atoms. The minimum absolute atomic E-state index is 0.316. The van der Waals surface area contributed by atoms with E-state index in [0.29, 0.717) is 36.8 Å². The molecular weight excluding hydrogens is 569 g/mol. The molecule has 0 atom stereocenters. The molecule has 8 nitrogen and oxygen atoms in total. The number of hydrogen-bond donors (Lipinski definition) is 2. The molecule has 1 aliphatic carbocycles. The lowest BCUT2D eigenvalue weighted by Gasteiger charge is -2.39. The van der Waals surface area contributed by atoms with Crippen molar-refractivity contribution in [3.05, 3.63) is 23.8 Å². The van der Waals surface area contributed by atoms with E-state index >= 15 is 0 Å². The van der Waals surface area contributed by atoms with E-state index in [1.807, 2.05) is 11.9 Å². The van der Waals surface area contributed by atoms with E-state index in [1.165, 1.54) is 12.1 Å². The standard InChI is InChI=1S/C21H25F6N3O3.C2HF3O2/c1-28-8-10-29(11-9-28)15-6-7-16(18(31)32)17(12-15)30(19(33)21(25,26)27)14-4-2-13(3-5-14)20(22,23)24;3-2(4,5)1(6)7/h6-7,12-14H,2-5,8-11H2,1H3,(H,31,32);(H,6,7)/t13-,14-;. The number of rotatable bonds is 4. The lowest BCUT2D eigenvalue weighted by Crippen LogP contribution is -2.50. The quantitative estimate of drug-likeness (QED) is 0.483. The first-order chi connectivity index (χ1) is 18.2. The van der Waals surface area contributed by atoms with Crippen LogP contribution in [0.5, 0.6) is 0 Å². The van der Waals surface area contributed by atoms with Crippen LogP contribution in [0.4, 0.5) is 50.9 Å². The van der Waals surface area contributed by atoms with Gasteiger partial charge in [0.25, 0.3) is 0 Å². The van der Waals surface area contributed by atoms with E-state index in [-0.39, 0.29) is 12.8 Å². The number of hydrogen-bond acceptors (Lipinski definition) is 5. The third-order valence-corrected chi connectivity index (χ3v) is 6.57. The van der Waals surface area contributed by atoms with E-state index in [2.05, 4.69) is 4.90 Å². The van der Waals surface area contributed by atoms with Crippen molar-refractivity contribution in [3.8, 4) is 0 Å². The number of piperazine rings is 1. The number of carbonyl (C=O) groups excluding carboxylic acids is 1. The molecule has 2 N–H and O–H groups in total. The minimum Gasteiger partial charge on any atom is -0.478 e. The topological polar surface area (TPSA) is 101 Å². The fraction of sp³-hybridized carbons (Fsp3) is 0.609. The first-order valence-corrected chi connectivity index (χ1v) is 11.8. The van der Waals surface area contributed by atoms with Gasteiger partial charge in [0.1, 0.15) is 0 Å². The van der Waals surface area contributed by atoms with Crippen molar-refractivity contribution in [3.63, 3.8) is 0 Å². The Morgan fingerprint density at radius 2 is 1.32 bits per heavy atom. The zero-order valence-corrected chi connectivity index (χ0v) is 20.9. The number of carboxylic acid groups (broad SMARTS) is 2. The number of halogens is 9. The number of carbonyl (C=O) groups is 3. The number of likely N-dealkylation sites (N-methyl/N-ethyl adjacent to an activating group) is 1. The summed E-state index contributed by atoms with van der Waals surface area (Å²) >= 11 is 0. The van der Waals surface area contributed by atoms with Crippen molar-refractivity contribution in [2.45, 2.75) is 50.3 Å². The summed E-state index contributed by atoms with van der Waals surface area (Å²) in [5.74, 6) is -8.23. The fourth-order valence-electron chi connectivity index (χ4n) is 4.43. The van der Waals surface area contributed by atoms with Crippen molar-refractivity contribution in [2.75, 3.05) is 43.0 Å². The molecule has 1 saturated heterocycles. The Bertz CT molecular complexity index is 1060. The minimum atomic E-state index is -5.32. The fourth-order valence-corrected chi connectivity index (χ4v) is 4.43. The van der Waals surface area contributed by atoms with Crippen molar-refractivity contribution in [2.24, 2.45) is 5.92 Å². The molecule has 17 heteroatoms. The molecule has 2 aliphatic rings. The maximum absolute atomic E-state index is 13.5. The van der Waals surface area contributed by atoms with Crippen molar-refractivity contribution in [1.29, 1.82) is 0 Å². The number of anilines is 2. The molecule has 1 aromatic rings. The van der Waals surface area contributed by atoms with Crippen LogP contribution < -0.4 is 9.80 Å². The molecule has 1 aromatic carbocycles. The zero-order valence-electron chi connectivity index (χ0n) is 20.9. The van der Waals surface area contributed by atoms with Crippen molar-refractivity contribution >= 4 is 29.2 Å². The molecule has 0 unspecified atom stereocenters. The molecule has 0 aromatic heterocycles. The van der Waals surface area contributed by atoms with Crippen LogP contribution in [0.1, 0.15) is 36.0 Å². The van der Waals surface area contributed by atoms with E-state index in [0.717, 1.165) is 6.07 Å². The Labute approximate surface area is 221 Å². The van der Waals surface area contributed by atoms with Crippen molar-refractivity contribution in [1.82, 2.24) is 4.90 Å². The molecule has 1 amide bonds. The smallest absolute Gasteiger partial charge is 0.478 e. The van der Waals surface area contributed by atoms with E-state index in [1.54, 1.807) is 0 Å². The lowest BCUT2D eigenvalue weighted by molar-refractivity contribution is -0.192. The third-order valence-electron chi connectivity index (χ3n) is 6.57. The van der Waals surface area contributed by atoms with Gasteiger partial charge in [0, 0.05) is 37.9 Å². The largest absolute Gasteiger partial charge is 0.490 e. The van der Waals surface area contributed by atoms with Gasteiger partial charge in [-0.1, -0.05) is 0 Å². The second kappa shape index (κ2) is 12.5. The van der Waals surface area contributed by atoms with Gasteiger partial charge >= 0.3 is 36.4 Å². The van der Waals surface area contributed by atoms with E-state index < -0.39 is 72.4 Å². The summed E-state index contributed by atoms with van der Waals surface area (Å²) < 4.78 is 111. The van der Waals surface area contributed by atoms with Crippen LogP contribution in [-0.2, 0) is 9.59 Å². The highest BCUT2D eigenvalue weighted by atomic mass is 19.4. The molecule has 1 aliphatic heterocycles. The average molecular weight is 595 g/mol. The number of aromatic carboxylic acids is 1. The first kappa shape index (κ1) is 33.0. The number of nitrogens with zero attached hydrogens (tertiary/aromatic N) is 3. The van der Waals surface area contributed by atoms with Crippen LogP contribution in [0.15, 0.2) is 18.2 Å². The van der Waals surface area contributed by atoms with Gasteiger partial charge in [-0.05, 0) is 50.9 Å². The number of amides is 1. The number of benzene rings is 1. The maximum atomic E-state index is 13.5. The van der Waals surface area contributed by atoms with Gasteiger partial charge in [-0.2, -0.15) is 39.5 Å². The summed E-state index contributed by atoms with van der Waals surface area (Å²) in [6.07, 6.45) is -16.4. The van der Waals surface area contributed by atoms with Gasteiger partial charge < -0.3 is 24.9 Å². The number of aliphatic carboxylic acids is 1. The number of alkyl halides is 9. The molecule has 3 rings (SSSR count). The number of carboxylic acids is 2. The predicted molar refractivity (Wildman–Crippen MR) is 122 cm³/mol. The predicted octanol–water partition coefficient (Wildman–Crippen LogP) is 4.79. The van der Waals surface area contributed by atoms with Crippen LogP contribution in [0, 0.1) is 5.92 Å². The van der Waals surface area contributed by atoms with Gasteiger partial charge in [0.05, 0.1) is 17.2 Å². The highest BCUT2D eigenvalue weighted by Crippen LogP contribution is 2.42. The van der Waals surface area contributed by atoms with Crippen LogP contribution in [-0.4, -0.2) is 90.8 Å². The molecule has 2 fully saturated rings. The summed E-state index contributed by atoms with van der Waals surface area (Å²) in [6.45, 7) is 2.46. The van der Waals surface area contributed by atoms with Crippen molar-refractivity contribution < 1.29 is 64.1 Å². The van der Waals surface area contributed by atoms with E-state index in [9.17, 15) is 54.2 Å². The van der Waals surface area contributed by atoms with Crippen LogP contribution in [0.3, 0.4) is 0 Å². The van der Waals surface area contributed by atoms with Gasteiger partial charge in [-0.3, -0.25) is 4.79 Å². The third kappa shape index (κ3) is 8.63. The Morgan fingerprint density at radius 3 is 1.73 bits per heavy atom. The van der Waals surface area contributed by atoms with Crippen LogP contribution in [0.2, 0.25) is 0 Å². The Hall–Kier alpha value is -3.24. The lowest BCUT2D eigenvalue weighted by atomic mass is 9.84. The van der Waals surface area contributed by atoms with Crippen LogP contribution >= 0.6 is 0 Å². The molecular formula is C23H26F9N3O5. The maximum Gasteiger partial charge on any atom is 0.490 e. The molecule has 40 heavy (non-hydrogen) atoms. The molecule has 0 spiro atoms. The second-order valence-electron chi connectivity index (χ2n) is 9.32. The monoisotopic (exact) mass is 595 g/mol. The highest BCUT2D eigenvalue weighted by molar-refractivity contribution is 6.05.